The molecule has 1 amide bonds. The topological polar surface area (TPSA) is 93.9 Å². The minimum absolute atomic E-state index is 0.0381. The van der Waals surface area contributed by atoms with Crippen molar-refractivity contribution in [2.24, 2.45) is 5.73 Å². The molecule has 0 fully saturated rings. The molecule has 0 aliphatic carbocycles. The number of primary amides is 1. The number of halogens is 3. The van der Waals surface area contributed by atoms with Crippen LogP contribution in [0.2, 0.25) is 5.02 Å². The van der Waals surface area contributed by atoms with Crippen molar-refractivity contribution in [2.45, 2.75) is 6.61 Å². The fraction of sp³-hybridized carbons (Fsp3) is 0.0625. The van der Waals surface area contributed by atoms with Gasteiger partial charge in [-0.1, -0.05) is 11.6 Å². The van der Waals surface area contributed by atoms with Gasteiger partial charge in [-0.15, -0.1) is 0 Å². The number of ether oxygens (including phenoxy) is 1. The quantitative estimate of drug-likeness (QED) is 0.727. The zero-order chi connectivity index (χ0) is 18.0. The Labute approximate surface area is 145 Å². The summed E-state index contributed by atoms with van der Waals surface area (Å²) in [4.78, 5) is 11.4. The molecule has 9 heteroatoms. The molecular weight excluding hydrogens is 354 g/mol. The zero-order valence-corrected chi connectivity index (χ0v) is 13.3. The number of nitrogens with one attached hydrogen (secondary N) is 1. The lowest BCUT2D eigenvalue weighted by Gasteiger charge is -2.11. The van der Waals surface area contributed by atoms with E-state index in [0.717, 1.165) is 18.2 Å². The Morgan fingerprint density at radius 3 is 2.76 bits per heavy atom. The maximum atomic E-state index is 13.7. The number of amides is 1. The largest absolute Gasteiger partial charge is 0.488 e. The van der Waals surface area contributed by atoms with Gasteiger partial charge in [0.1, 0.15) is 29.7 Å². The first-order chi connectivity index (χ1) is 12.0. The van der Waals surface area contributed by atoms with Crippen LogP contribution in [0, 0.1) is 11.6 Å². The van der Waals surface area contributed by atoms with Gasteiger partial charge in [-0.05, 0) is 36.4 Å². The Hall–Kier alpha value is -3.00. The molecule has 0 saturated heterocycles. The number of nitrogens with zero attached hydrogens (tertiary/aromatic N) is 2. The Morgan fingerprint density at radius 1 is 1.20 bits per heavy atom. The lowest BCUT2D eigenvalue weighted by molar-refractivity contribution is 0.0996. The summed E-state index contributed by atoms with van der Waals surface area (Å²) in [6.07, 6.45) is 0. The van der Waals surface area contributed by atoms with Gasteiger partial charge in [0.25, 0.3) is 5.91 Å². The summed E-state index contributed by atoms with van der Waals surface area (Å²) in [7, 11) is 0. The number of nitrogens with two attached hydrogens (primary N) is 1. The smallest absolute Gasteiger partial charge is 0.271 e. The molecule has 1 heterocycles. The van der Waals surface area contributed by atoms with Crippen molar-refractivity contribution >= 4 is 17.5 Å². The van der Waals surface area contributed by atoms with E-state index in [4.69, 9.17) is 22.1 Å². The minimum atomic E-state index is -0.786. The summed E-state index contributed by atoms with van der Waals surface area (Å²) >= 11 is 5.99. The summed E-state index contributed by atoms with van der Waals surface area (Å²) in [5.41, 5.74) is 5.69. The number of aromatic amines is 1. The third-order valence-corrected chi connectivity index (χ3v) is 3.60. The molecule has 0 radical (unpaired) electrons. The fourth-order valence-corrected chi connectivity index (χ4v) is 2.39. The average molecular weight is 365 g/mol. The Bertz CT molecular complexity index is 946. The van der Waals surface area contributed by atoms with Gasteiger partial charge >= 0.3 is 0 Å². The van der Waals surface area contributed by atoms with Gasteiger partial charge in [0, 0.05) is 16.1 Å². The number of carbonyl (C=O) groups excluding carboxylic acids is 1. The van der Waals surface area contributed by atoms with Gasteiger partial charge in [0.05, 0.1) is 0 Å². The van der Waals surface area contributed by atoms with E-state index in [1.54, 1.807) is 6.07 Å². The normalized spacial score (nSPS) is 10.7. The van der Waals surface area contributed by atoms with E-state index < -0.39 is 17.5 Å². The molecule has 3 aromatic rings. The maximum Gasteiger partial charge on any atom is 0.271 e. The van der Waals surface area contributed by atoms with E-state index in [1.807, 2.05) is 0 Å². The van der Waals surface area contributed by atoms with E-state index in [2.05, 4.69) is 15.4 Å². The number of aromatic nitrogens is 3. The van der Waals surface area contributed by atoms with Crippen LogP contribution in [-0.4, -0.2) is 21.3 Å². The molecule has 1 aromatic heterocycles. The first-order valence-electron chi connectivity index (χ1n) is 7.03. The molecule has 128 valence electrons. The van der Waals surface area contributed by atoms with Gasteiger partial charge in [0.15, 0.2) is 5.69 Å². The van der Waals surface area contributed by atoms with Crippen LogP contribution >= 0.6 is 11.6 Å². The van der Waals surface area contributed by atoms with E-state index in [-0.39, 0.29) is 29.3 Å². The number of H-pyrrole nitrogens is 1. The summed E-state index contributed by atoms with van der Waals surface area (Å²) in [6.45, 7) is -0.234. The van der Waals surface area contributed by atoms with Gasteiger partial charge in [0.2, 0.25) is 0 Å². The lowest BCUT2D eigenvalue weighted by Crippen LogP contribution is -2.13. The summed E-state index contributed by atoms with van der Waals surface area (Å²) in [6, 6.07) is 7.64. The van der Waals surface area contributed by atoms with Crippen molar-refractivity contribution in [1.82, 2.24) is 15.4 Å². The van der Waals surface area contributed by atoms with Gasteiger partial charge in [-0.2, -0.15) is 15.4 Å². The zero-order valence-electron chi connectivity index (χ0n) is 12.6. The highest BCUT2D eigenvalue weighted by Crippen LogP contribution is 2.33. The second-order valence-corrected chi connectivity index (χ2v) is 5.49. The standard InChI is InChI=1S/C16H11ClF2N4O2/c17-9-1-4-13(25-7-8-5-10(18)2-3-12(8)19)11(6-9)14-15(16(20)24)22-23-21-14/h1-6H,7H2,(H2,20,24)(H,21,22,23). The number of rotatable bonds is 5. The van der Waals surface area contributed by atoms with E-state index in [1.165, 1.54) is 12.1 Å². The van der Waals surface area contributed by atoms with Crippen molar-refractivity contribution in [3.05, 3.63) is 64.3 Å². The second kappa shape index (κ2) is 6.86. The highest BCUT2D eigenvalue weighted by molar-refractivity contribution is 6.31. The fourth-order valence-electron chi connectivity index (χ4n) is 2.21. The predicted molar refractivity (Wildman–Crippen MR) is 86.0 cm³/mol. The highest BCUT2D eigenvalue weighted by Gasteiger charge is 2.19. The van der Waals surface area contributed by atoms with Crippen LogP contribution in [0.1, 0.15) is 16.1 Å². The van der Waals surface area contributed by atoms with Crippen molar-refractivity contribution in [2.75, 3.05) is 0 Å². The number of hydrogen-bond donors (Lipinski definition) is 2. The van der Waals surface area contributed by atoms with Crippen molar-refractivity contribution in [1.29, 1.82) is 0 Å². The molecular formula is C16H11ClF2N4O2. The van der Waals surface area contributed by atoms with E-state index in [0.29, 0.717) is 10.6 Å². The van der Waals surface area contributed by atoms with Crippen LogP contribution in [-0.2, 0) is 6.61 Å². The molecule has 3 rings (SSSR count). The van der Waals surface area contributed by atoms with Crippen LogP contribution in [0.4, 0.5) is 8.78 Å². The van der Waals surface area contributed by atoms with Gasteiger partial charge in [-0.3, -0.25) is 4.79 Å². The first kappa shape index (κ1) is 16.8. The monoisotopic (exact) mass is 364 g/mol. The van der Waals surface area contributed by atoms with Crippen LogP contribution < -0.4 is 10.5 Å². The predicted octanol–water partition coefficient (Wildman–Crippen LogP) is 3.08. The van der Waals surface area contributed by atoms with Gasteiger partial charge in [-0.25, -0.2) is 8.78 Å². The molecule has 0 aliphatic heterocycles. The minimum Gasteiger partial charge on any atom is -0.488 e. The average Bonchev–Trinajstić information content (AvgIpc) is 3.06. The Morgan fingerprint density at radius 2 is 2.00 bits per heavy atom. The third-order valence-electron chi connectivity index (χ3n) is 3.37. The first-order valence-corrected chi connectivity index (χ1v) is 7.40. The molecule has 6 nitrogen and oxygen atoms in total. The summed E-state index contributed by atoms with van der Waals surface area (Å²) in [5.74, 6) is -1.71. The van der Waals surface area contributed by atoms with Crippen molar-refractivity contribution in [3.8, 4) is 17.0 Å². The number of hydrogen-bond acceptors (Lipinski definition) is 4. The summed E-state index contributed by atoms with van der Waals surface area (Å²) in [5, 5.41) is 10.2. The Balaban J connectivity index is 1.96. The molecule has 0 unspecified atom stereocenters. The lowest BCUT2D eigenvalue weighted by atomic mass is 10.1. The van der Waals surface area contributed by atoms with Crippen molar-refractivity contribution in [3.63, 3.8) is 0 Å². The van der Waals surface area contributed by atoms with Gasteiger partial charge < -0.3 is 10.5 Å². The summed E-state index contributed by atoms with van der Waals surface area (Å²) < 4.78 is 32.6. The molecule has 2 aromatic carbocycles. The molecule has 0 atom stereocenters. The number of benzene rings is 2. The molecule has 25 heavy (non-hydrogen) atoms. The second-order valence-electron chi connectivity index (χ2n) is 5.05. The van der Waals surface area contributed by atoms with Crippen LogP contribution in [0.5, 0.6) is 5.75 Å². The SMILES string of the molecule is NC(=O)c1n[nH]nc1-c1cc(Cl)ccc1OCc1cc(F)ccc1F. The van der Waals surface area contributed by atoms with Crippen LogP contribution in [0.15, 0.2) is 36.4 Å². The van der Waals surface area contributed by atoms with E-state index in [9.17, 15) is 13.6 Å². The molecule has 0 aliphatic rings. The van der Waals surface area contributed by atoms with Crippen LogP contribution in [0.3, 0.4) is 0 Å². The third kappa shape index (κ3) is 3.58. The Kier molecular flexibility index (Phi) is 4.62. The molecule has 0 spiro atoms. The maximum absolute atomic E-state index is 13.7. The molecule has 0 saturated carbocycles. The van der Waals surface area contributed by atoms with E-state index >= 15 is 0 Å². The number of carbonyl (C=O) groups is 1. The van der Waals surface area contributed by atoms with Crippen molar-refractivity contribution < 1.29 is 18.3 Å². The molecule has 3 N–H and O–H groups in total. The molecule has 0 bridgehead atoms. The van der Waals surface area contributed by atoms with Crippen LogP contribution in [0.25, 0.3) is 11.3 Å². The highest BCUT2D eigenvalue weighted by atomic mass is 35.5.